The van der Waals surface area contributed by atoms with E-state index in [0.717, 1.165) is 35.7 Å². The minimum Gasteiger partial charge on any atom is -0.473 e. The quantitative estimate of drug-likeness (QED) is 0.581. The Balaban J connectivity index is 2.01. The number of hydrogen-bond donors (Lipinski definition) is 1. The summed E-state index contributed by atoms with van der Waals surface area (Å²) < 4.78 is 5.44. The van der Waals surface area contributed by atoms with Gasteiger partial charge in [-0.05, 0) is 49.9 Å². The van der Waals surface area contributed by atoms with Crippen LogP contribution in [0.15, 0.2) is 49.1 Å². The minimum atomic E-state index is -0.211. The van der Waals surface area contributed by atoms with Crippen LogP contribution in [0.4, 0.5) is 0 Å². The third kappa shape index (κ3) is 5.01. The van der Waals surface area contributed by atoms with Crippen LogP contribution in [0.3, 0.4) is 0 Å². The monoisotopic (exact) mass is 297 g/mol. The Hall–Kier alpha value is -2.13. The molecule has 3 heteroatoms. The zero-order chi connectivity index (χ0) is 15.8. The number of allylic oxidation sites excluding steroid dienone is 1. The fourth-order valence-electron chi connectivity index (χ4n) is 2.20. The van der Waals surface area contributed by atoms with Gasteiger partial charge in [-0.3, -0.25) is 0 Å². The van der Waals surface area contributed by atoms with Gasteiger partial charge in [-0.15, -0.1) is 0 Å². The molecule has 1 aromatic carbocycles. The standard InChI is InChI=1S/C19H23NO2/c1-3-13-22-19-12-10-17-14-16(9-11-18(17)20-19)8-6-4-5-7-15(2)21/h3,6,8-12,14-15,21H,1,4-5,7,13H2,2H3/b8-6+. The number of ether oxygens (including phenoxy) is 1. The van der Waals surface area contributed by atoms with E-state index in [4.69, 9.17) is 4.74 Å². The zero-order valence-electron chi connectivity index (χ0n) is 13.0. The highest BCUT2D eigenvalue weighted by molar-refractivity contribution is 5.81. The van der Waals surface area contributed by atoms with Crippen molar-refractivity contribution in [2.45, 2.75) is 32.3 Å². The van der Waals surface area contributed by atoms with Crippen LogP contribution in [0.25, 0.3) is 17.0 Å². The normalized spacial score (nSPS) is 12.6. The minimum absolute atomic E-state index is 0.211. The Morgan fingerprint density at radius 2 is 2.18 bits per heavy atom. The summed E-state index contributed by atoms with van der Waals surface area (Å²) in [5.41, 5.74) is 2.08. The van der Waals surface area contributed by atoms with E-state index in [1.807, 2.05) is 25.1 Å². The SMILES string of the molecule is C=CCOc1ccc2cc(/C=C/CCCC(C)O)ccc2n1. The summed E-state index contributed by atoms with van der Waals surface area (Å²) in [7, 11) is 0. The van der Waals surface area contributed by atoms with E-state index >= 15 is 0 Å². The molecule has 0 aliphatic carbocycles. The van der Waals surface area contributed by atoms with Gasteiger partial charge < -0.3 is 9.84 Å². The first-order valence-electron chi connectivity index (χ1n) is 7.68. The van der Waals surface area contributed by atoms with E-state index in [1.165, 1.54) is 0 Å². The lowest BCUT2D eigenvalue weighted by molar-refractivity contribution is 0.182. The van der Waals surface area contributed by atoms with E-state index in [2.05, 4.69) is 35.8 Å². The highest BCUT2D eigenvalue weighted by Crippen LogP contribution is 2.19. The van der Waals surface area contributed by atoms with Crippen molar-refractivity contribution < 1.29 is 9.84 Å². The molecule has 0 bridgehead atoms. The second-order valence-electron chi connectivity index (χ2n) is 5.38. The van der Waals surface area contributed by atoms with Crippen molar-refractivity contribution in [3.8, 4) is 5.88 Å². The molecule has 2 rings (SSSR count). The Bertz CT molecular complexity index is 647. The molecule has 0 spiro atoms. The lowest BCUT2D eigenvalue weighted by atomic mass is 10.1. The van der Waals surface area contributed by atoms with E-state index < -0.39 is 0 Å². The highest BCUT2D eigenvalue weighted by atomic mass is 16.5. The summed E-state index contributed by atoms with van der Waals surface area (Å²) in [6.07, 6.45) is 8.60. The van der Waals surface area contributed by atoms with Gasteiger partial charge in [-0.1, -0.05) is 30.9 Å². The molecule has 0 aliphatic heterocycles. The Morgan fingerprint density at radius 1 is 1.32 bits per heavy atom. The number of rotatable bonds is 8. The number of aliphatic hydroxyl groups excluding tert-OH is 1. The molecular formula is C19H23NO2. The van der Waals surface area contributed by atoms with E-state index in [9.17, 15) is 5.11 Å². The number of pyridine rings is 1. The molecule has 0 aliphatic rings. The van der Waals surface area contributed by atoms with Crippen LogP contribution in [0, 0.1) is 0 Å². The summed E-state index contributed by atoms with van der Waals surface area (Å²) in [5.74, 6) is 0.619. The summed E-state index contributed by atoms with van der Waals surface area (Å²) in [6, 6.07) is 10.1. The second kappa shape index (κ2) is 8.35. The number of aliphatic hydroxyl groups is 1. The van der Waals surface area contributed by atoms with Crippen molar-refractivity contribution in [2.75, 3.05) is 6.61 Å². The largest absolute Gasteiger partial charge is 0.473 e. The number of nitrogens with zero attached hydrogens (tertiary/aromatic N) is 1. The molecule has 0 saturated heterocycles. The summed E-state index contributed by atoms with van der Waals surface area (Å²) in [5, 5.41) is 10.3. The lowest BCUT2D eigenvalue weighted by Gasteiger charge is -2.04. The van der Waals surface area contributed by atoms with Crippen molar-refractivity contribution in [1.29, 1.82) is 0 Å². The average molecular weight is 297 g/mol. The number of hydrogen-bond acceptors (Lipinski definition) is 3. The smallest absolute Gasteiger partial charge is 0.214 e. The Labute approximate surface area is 132 Å². The first-order valence-corrected chi connectivity index (χ1v) is 7.68. The fraction of sp³-hybridized carbons (Fsp3) is 0.316. The van der Waals surface area contributed by atoms with Crippen LogP contribution in [0.2, 0.25) is 0 Å². The van der Waals surface area contributed by atoms with Gasteiger partial charge in [0.25, 0.3) is 0 Å². The number of benzene rings is 1. The van der Waals surface area contributed by atoms with Gasteiger partial charge in [0.1, 0.15) is 6.61 Å². The molecular weight excluding hydrogens is 274 g/mol. The molecule has 2 aromatic rings. The number of fused-ring (bicyclic) bond motifs is 1. The second-order valence-corrected chi connectivity index (χ2v) is 5.38. The van der Waals surface area contributed by atoms with Crippen LogP contribution >= 0.6 is 0 Å². The van der Waals surface area contributed by atoms with Gasteiger partial charge in [0.2, 0.25) is 5.88 Å². The molecule has 116 valence electrons. The van der Waals surface area contributed by atoms with Crippen molar-refractivity contribution in [3.05, 3.63) is 54.6 Å². The number of aromatic nitrogens is 1. The van der Waals surface area contributed by atoms with Gasteiger partial charge in [0, 0.05) is 11.5 Å². The van der Waals surface area contributed by atoms with Gasteiger partial charge in [-0.2, -0.15) is 0 Å². The molecule has 1 N–H and O–H groups in total. The molecule has 0 saturated carbocycles. The average Bonchev–Trinajstić information content (AvgIpc) is 2.52. The predicted molar refractivity (Wildman–Crippen MR) is 92.0 cm³/mol. The topological polar surface area (TPSA) is 42.4 Å². The maximum atomic E-state index is 9.22. The molecule has 0 amide bonds. The molecule has 1 atom stereocenters. The molecule has 1 heterocycles. The molecule has 22 heavy (non-hydrogen) atoms. The molecule has 0 radical (unpaired) electrons. The molecule has 0 fully saturated rings. The third-order valence-corrected chi connectivity index (χ3v) is 3.34. The summed E-state index contributed by atoms with van der Waals surface area (Å²) >= 11 is 0. The van der Waals surface area contributed by atoms with Gasteiger partial charge in [0.15, 0.2) is 0 Å². The van der Waals surface area contributed by atoms with E-state index in [-0.39, 0.29) is 6.10 Å². The van der Waals surface area contributed by atoms with Gasteiger partial charge in [-0.25, -0.2) is 4.98 Å². The number of unbranched alkanes of at least 4 members (excludes halogenated alkanes) is 1. The van der Waals surface area contributed by atoms with Crippen LogP contribution < -0.4 is 4.74 Å². The Morgan fingerprint density at radius 3 is 2.95 bits per heavy atom. The van der Waals surface area contributed by atoms with Crippen LogP contribution in [-0.4, -0.2) is 22.8 Å². The fourth-order valence-corrected chi connectivity index (χ4v) is 2.20. The van der Waals surface area contributed by atoms with Crippen LogP contribution in [-0.2, 0) is 0 Å². The van der Waals surface area contributed by atoms with Crippen LogP contribution in [0.1, 0.15) is 31.7 Å². The van der Waals surface area contributed by atoms with Crippen molar-refractivity contribution in [2.24, 2.45) is 0 Å². The van der Waals surface area contributed by atoms with Crippen molar-refractivity contribution in [1.82, 2.24) is 4.98 Å². The maximum Gasteiger partial charge on any atom is 0.214 e. The van der Waals surface area contributed by atoms with E-state index in [0.29, 0.717) is 12.5 Å². The third-order valence-electron chi connectivity index (χ3n) is 3.34. The Kier molecular flexibility index (Phi) is 6.16. The zero-order valence-corrected chi connectivity index (χ0v) is 13.0. The predicted octanol–water partition coefficient (Wildman–Crippen LogP) is 4.36. The van der Waals surface area contributed by atoms with Crippen molar-refractivity contribution >= 4 is 17.0 Å². The molecule has 3 nitrogen and oxygen atoms in total. The van der Waals surface area contributed by atoms with Crippen LogP contribution in [0.5, 0.6) is 5.88 Å². The summed E-state index contributed by atoms with van der Waals surface area (Å²) in [6.45, 7) is 5.92. The van der Waals surface area contributed by atoms with E-state index in [1.54, 1.807) is 6.08 Å². The van der Waals surface area contributed by atoms with Crippen molar-refractivity contribution in [3.63, 3.8) is 0 Å². The first-order chi connectivity index (χ1) is 10.7. The summed E-state index contributed by atoms with van der Waals surface area (Å²) in [4.78, 5) is 4.46. The molecule has 1 aromatic heterocycles. The first kappa shape index (κ1) is 16.2. The van der Waals surface area contributed by atoms with Gasteiger partial charge in [0.05, 0.1) is 11.6 Å². The maximum absolute atomic E-state index is 9.22. The molecule has 1 unspecified atom stereocenters. The van der Waals surface area contributed by atoms with Gasteiger partial charge >= 0.3 is 0 Å². The lowest BCUT2D eigenvalue weighted by Crippen LogP contribution is -1.97. The highest BCUT2D eigenvalue weighted by Gasteiger charge is 1.99.